The molecular formula is C16H27N3. The Hall–Kier alpha value is -1.09. The lowest BCUT2D eigenvalue weighted by molar-refractivity contribution is 0.272. The van der Waals surface area contributed by atoms with E-state index in [9.17, 15) is 0 Å². The van der Waals surface area contributed by atoms with Crippen molar-refractivity contribution in [1.82, 2.24) is 10.3 Å². The molecule has 0 spiro atoms. The molecule has 1 atom stereocenters. The monoisotopic (exact) mass is 261 g/mol. The summed E-state index contributed by atoms with van der Waals surface area (Å²) in [5.41, 5.74) is 8.52. The predicted molar refractivity (Wildman–Crippen MR) is 81.0 cm³/mol. The number of pyridine rings is 1. The van der Waals surface area contributed by atoms with E-state index in [4.69, 9.17) is 5.73 Å². The van der Waals surface area contributed by atoms with E-state index in [-0.39, 0.29) is 0 Å². The van der Waals surface area contributed by atoms with E-state index in [1.54, 1.807) is 0 Å². The fourth-order valence-corrected chi connectivity index (χ4v) is 3.15. The van der Waals surface area contributed by atoms with Gasteiger partial charge in [0.15, 0.2) is 0 Å². The molecule has 0 aliphatic heterocycles. The van der Waals surface area contributed by atoms with Gasteiger partial charge >= 0.3 is 0 Å². The third-order valence-corrected chi connectivity index (χ3v) is 4.16. The Balaban J connectivity index is 2.22. The molecule has 1 fully saturated rings. The van der Waals surface area contributed by atoms with E-state index in [1.807, 2.05) is 6.20 Å². The standard InChI is InChI=1S/C16H27N3/c1-3-9-18-15(13-7-5-4-6-8-13)14-10-12(2)11-19-16(14)17/h10-11,13,15,18H,3-9H2,1-2H3,(H2,17,19). The van der Waals surface area contributed by atoms with Crippen molar-refractivity contribution in [3.05, 3.63) is 23.4 Å². The minimum atomic E-state index is 0.382. The quantitative estimate of drug-likeness (QED) is 0.851. The van der Waals surface area contributed by atoms with E-state index < -0.39 is 0 Å². The highest BCUT2D eigenvalue weighted by atomic mass is 14.9. The second-order valence-electron chi connectivity index (χ2n) is 5.82. The zero-order chi connectivity index (χ0) is 13.7. The van der Waals surface area contributed by atoms with Crippen molar-refractivity contribution in [3.8, 4) is 0 Å². The summed E-state index contributed by atoms with van der Waals surface area (Å²) in [6.07, 6.45) is 9.74. The van der Waals surface area contributed by atoms with Crippen molar-refractivity contribution in [3.63, 3.8) is 0 Å². The minimum absolute atomic E-state index is 0.382. The second-order valence-corrected chi connectivity index (χ2v) is 5.82. The van der Waals surface area contributed by atoms with Crippen LogP contribution in [-0.4, -0.2) is 11.5 Å². The Morgan fingerprint density at radius 1 is 1.37 bits per heavy atom. The fourth-order valence-electron chi connectivity index (χ4n) is 3.15. The van der Waals surface area contributed by atoms with Crippen molar-refractivity contribution in [1.29, 1.82) is 0 Å². The largest absolute Gasteiger partial charge is 0.383 e. The molecule has 1 aliphatic carbocycles. The van der Waals surface area contributed by atoms with Crippen molar-refractivity contribution in [2.45, 2.75) is 58.4 Å². The first kappa shape index (κ1) is 14.3. The maximum atomic E-state index is 6.12. The molecule has 0 aromatic carbocycles. The van der Waals surface area contributed by atoms with Crippen molar-refractivity contribution < 1.29 is 0 Å². The highest BCUT2D eigenvalue weighted by Crippen LogP contribution is 2.36. The zero-order valence-corrected chi connectivity index (χ0v) is 12.3. The normalized spacial score (nSPS) is 18.4. The van der Waals surface area contributed by atoms with E-state index in [1.165, 1.54) is 43.2 Å². The lowest BCUT2D eigenvalue weighted by Crippen LogP contribution is -2.31. The van der Waals surface area contributed by atoms with Gasteiger partial charge in [0.25, 0.3) is 0 Å². The van der Waals surface area contributed by atoms with Crippen LogP contribution in [0.25, 0.3) is 0 Å². The predicted octanol–water partition coefficient (Wildman–Crippen LogP) is 3.59. The number of aryl methyl sites for hydroxylation is 1. The highest BCUT2D eigenvalue weighted by Gasteiger charge is 2.26. The maximum absolute atomic E-state index is 6.12. The smallest absolute Gasteiger partial charge is 0.128 e. The van der Waals surface area contributed by atoms with Crippen LogP contribution in [0.4, 0.5) is 5.82 Å². The van der Waals surface area contributed by atoms with Gasteiger partial charge in [0, 0.05) is 17.8 Å². The number of hydrogen-bond donors (Lipinski definition) is 2. The number of aromatic nitrogens is 1. The van der Waals surface area contributed by atoms with Gasteiger partial charge in [-0.05, 0) is 50.3 Å². The van der Waals surface area contributed by atoms with Gasteiger partial charge in [0.05, 0.1) is 0 Å². The van der Waals surface area contributed by atoms with Gasteiger partial charge in [-0.3, -0.25) is 0 Å². The number of hydrogen-bond acceptors (Lipinski definition) is 3. The first-order valence-corrected chi connectivity index (χ1v) is 7.67. The topological polar surface area (TPSA) is 50.9 Å². The lowest BCUT2D eigenvalue weighted by Gasteiger charge is -2.32. The van der Waals surface area contributed by atoms with Crippen LogP contribution < -0.4 is 11.1 Å². The van der Waals surface area contributed by atoms with Crippen LogP contribution in [0.5, 0.6) is 0 Å². The van der Waals surface area contributed by atoms with Gasteiger partial charge in [0.2, 0.25) is 0 Å². The summed E-state index contributed by atoms with van der Waals surface area (Å²) in [6.45, 7) is 5.35. The third kappa shape index (κ3) is 3.69. The molecule has 0 radical (unpaired) electrons. The molecule has 19 heavy (non-hydrogen) atoms. The van der Waals surface area contributed by atoms with Crippen molar-refractivity contribution >= 4 is 5.82 Å². The van der Waals surface area contributed by atoms with Gasteiger partial charge in [-0.2, -0.15) is 0 Å². The number of anilines is 1. The zero-order valence-electron chi connectivity index (χ0n) is 12.3. The molecule has 0 amide bonds. The maximum Gasteiger partial charge on any atom is 0.128 e. The molecule has 0 saturated heterocycles. The number of nitrogens with one attached hydrogen (secondary N) is 1. The number of rotatable bonds is 5. The third-order valence-electron chi connectivity index (χ3n) is 4.16. The van der Waals surface area contributed by atoms with Gasteiger partial charge < -0.3 is 11.1 Å². The summed E-state index contributed by atoms with van der Waals surface area (Å²) in [5.74, 6) is 1.41. The Labute approximate surface area is 117 Å². The Morgan fingerprint density at radius 3 is 2.79 bits per heavy atom. The van der Waals surface area contributed by atoms with Crippen LogP contribution in [-0.2, 0) is 0 Å². The molecule has 106 valence electrons. The molecule has 1 saturated carbocycles. The average molecular weight is 261 g/mol. The fraction of sp³-hybridized carbons (Fsp3) is 0.688. The summed E-state index contributed by atoms with van der Waals surface area (Å²) < 4.78 is 0. The molecule has 1 aliphatic rings. The van der Waals surface area contributed by atoms with Crippen molar-refractivity contribution in [2.24, 2.45) is 5.92 Å². The number of nitrogens with zero attached hydrogens (tertiary/aromatic N) is 1. The van der Waals surface area contributed by atoms with E-state index in [0.717, 1.165) is 13.0 Å². The number of nitrogen functional groups attached to an aromatic ring is 1. The first-order valence-electron chi connectivity index (χ1n) is 7.67. The minimum Gasteiger partial charge on any atom is -0.383 e. The summed E-state index contributed by atoms with van der Waals surface area (Å²) in [4.78, 5) is 4.34. The molecule has 1 unspecified atom stereocenters. The molecule has 0 bridgehead atoms. The molecule has 3 nitrogen and oxygen atoms in total. The molecular weight excluding hydrogens is 234 g/mol. The van der Waals surface area contributed by atoms with Crippen LogP contribution in [0.2, 0.25) is 0 Å². The summed E-state index contributed by atoms with van der Waals surface area (Å²) >= 11 is 0. The van der Waals surface area contributed by atoms with Gasteiger partial charge in [-0.1, -0.05) is 26.2 Å². The first-order chi connectivity index (χ1) is 9.22. The SMILES string of the molecule is CCCNC(c1cc(C)cnc1N)C1CCCCC1. The van der Waals surface area contributed by atoms with Crippen LogP contribution >= 0.6 is 0 Å². The van der Waals surface area contributed by atoms with E-state index in [0.29, 0.717) is 17.8 Å². The molecule has 3 heteroatoms. The van der Waals surface area contributed by atoms with Crippen LogP contribution in [0.15, 0.2) is 12.3 Å². The molecule has 1 aromatic heterocycles. The Bertz CT molecular complexity index is 397. The molecule has 1 aromatic rings. The highest BCUT2D eigenvalue weighted by molar-refractivity contribution is 5.43. The summed E-state index contributed by atoms with van der Waals surface area (Å²) in [6, 6.07) is 2.59. The summed E-state index contributed by atoms with van der Waals surface area (Å²) in [7, 11) is 0. The van der Waals surface area contributed by atoms with Gasteiger partial charge in [-0.15, -0.1) is 0 Å². The van der Waals surface area contributed by atoms with Crippen molar-refractivity contribution in [2.75, 3.05) is 12.3 Å². The molecule has 2 rings (SSSR count). The molecule has 1 heterocycles. The van der Waals surface area contributed by atoms with E-state index in [2.05, 4.69) is 30.2 Å². The van der Waals surface area contributed by atoms with E-state index >= 15 is 0 Å². The van der Waals surface area contributed by atoms with Crippen LogP contribution in [0, 0.1) is 12.8 Å². The summed E-state index contributed by atoms with van der Waals surface area (Å²) in [5, 5.41) is 3.70. The number of nitrogens with two attached hydrogens (primary N) is 1. The lowest BCUT2D eigenvalue weighted by atomic mass is 9.81. The van der Waals surface area contributed by atoms with Gasteiger partial charge in [-0.25, -0.2) is 4.98 Å². The average Bonchev–Trinajstić information content (AvgIpc) is 2.44. The van der Waals surface area contributed by atoms with Crippen LogP contribution in [0.1, 0.15) is 62.6 Å². The molecule has 3 N–H and O–H groups in total. The second kappa shape index (κ2) is 6.90. The van der Waals surface area contributed by atoms with Gasteiger partial charge in [0.1, 0.15) is 5.82 Å². The Morgan fingerprint density at radius 2 is 2.11 bits per heavy atom. The Kier molecular flexibility index (Phi) is 5.20. The van der Waals surface area contributed by atoms with Crippen LogP contribution in [0.3, 0.4) is 0 Å².